The van der Waals surface area contributed by atoms with E-state index in [1.807, 2.05) is 88.4 Å². The predicted octanol–water partition coefficient (Wildman–Crippen LogP) is 9.52. The third-order valence-electron chi connectivity index (χ3n) is 16.9. The topological polar surface area (TPSA) is 235 Å². The molecular formula is C66H102N8O12S2. The van der Waals surface area contributed by atoms with E-state index in [0.29, 0.717) is 50.4 Å². The van der Waals surface area contributed by atoms with Gasteiger partial charge in [-0.2, -0.15) is 0 Å². The molecule has 20 nitrogen and oxygen atoms in total. The molecule has 8 amide bonds. The molecule has 0 bridgehead atoms. The van der Waals surface area contributed by atoms with Crippen molar-refractivity contribution < 1.29 is 57.3 Å². The van der Waals surface area contributed by atoms with Gasteiger partial charge in [-0.15, -0.1) is 23.5 Å². The molecule has 4 aliphatic heterocycles. The molecule has 88 heavy (non-hydrogen) atoms. The number of likely N-dealkylation sites (N-methyl/N-ethyl adjacent to an activating group) is 2. The summed E-state index contributed by atoms with van der Waals surface area (Å²) in [6.45, 7) is 23.3. The third-order valence-corrected chi connectivity index (χ3v) is 19.4. The van der Waals surface area contributed by atoms with E-state index in [9.17, 15) is 38.4 Å². The third kappa shape index (κ3) is 20.0. The Morgan fingerprint density at radius 1 is 0.557 bits per heavy atom. The molecular weight excluding hydrogens is 1160 g/mol. The van der Waals surface area contributed by atoms with Gasteiger partial charge in [0.05, 0.1) is 36.0 Å². The van der Waals surface area contributed by atoms with Gasteiger partial charge in [0.15, 0.2) is 0 Å². The van der Waals surface area contributed by atoms with Gasteiger partial charge in [0, 0.05) is 27.3 Å². The lowest BCUT2D eigenvalue weighted by Gasteiger charge is -2.35. The van der Waals surface area contributed by atoms with Crippen LogP contribution in [0.1, 0.15) is 183 Å². The first kappa shape index (κ1) is 71.5. The molecule has 2 aromatic carbocycles. The predicted molar refractivity (Wildman–Crippen MR) is 344 cm³/mol. The van der Waals surface area contributed by atoms with Crippen LogP contribution in [0, 0.1) is 10.8 Å². The summed E-state index contributed by atoms with van der Waals surface area (Å²) in [6, 6.07) is 13.4. The summed E-state index contributed by atoms with van der Waals surface area (Å²) in [4.78, 5) is 116. The fraction of sp³-hybridized carbons (Fsp3) is 0.697. The molecule has 4 aliphatic rings. The second-order valence-corrected chi connectivity index (χ2v) is 30.1. The van der Waals surface area contributed by atoms with E-state index in [1.165, 1.54) is 23.9 Å². The number of ether oxygens (including phenoxy) is 4. The number of rotatable bonds is 27. The van der Waals surface area contributed by atoms with Gasteiger partial charge in [-0.1, -0.05) is 127 Å². The second kappa shape index (κ2) is 31.9. The minimum absolute atomic E-state index is 0.241. The van der Waals surface area contributed by atoms with Crippen molar-refractivity contribution in [3.63, 3.8) is 0 Å². The second-order valence-electron chi connectivity index (χ2n) is 27.5. The molecule has 0 spiro atoms. The van der Waals surface area contributed by atoms with Crippen molar-refractivity contribution in [3.05, 3.63) is 71.8 Å². The van der Waals surface area contributed by atoms with Crippen LogP contribution in [0.4, 0.5) is 9.59 Å². The molecule has 0 unspecified atom stereocenters. The maximum Gasteiger partial charge on any atom is 0.410 e. The number of nitrogens with one attached hydrogen (secondary N) is 4. The summed E-state index contributed by atoms with van der Waals surface area (Å²) in [5.41, 5.74) is -0.810. The standard InChI is InChI=1S/C66H102N8O12S2/c1-43(71(13)61(81)85-63(3,4)5)55(75)67-47-33-37-87-51-39-65(9,10)53(73(51)59(47)79)57(77)69-49(45-29-23-21-24-30-45)41-83-35-27-19-17-15-16-18-20-28-36-84-42-50(46-31-25-22-26-32-46)70-58(78)54-66(11,12)40-52-74(54)60(80)48(34-38-88-52)68-56(76)44(2)72(14)62(82)86-64(6,7)8/h21-26,29-32,43-44,47-54H,15-20,27-28,33-42H2,1-14H3,(H,67,75)(H,68,76)(H,69,77)(H,70,78)/t43-,44-,47-,48-,49+,50+,51-,52-,53+,54+/m0/s1. The Balaban J connectivity index is 0.917. The number of nitrogens with zero attached hydrogens (tertiary/aromatic N) is 4. The smallest absolute Gasteiger partial charge is 0.410 e. The van der Waals surface area contributed by atoms with E-state index in [4.69, 9.17) is 18.9 Å². The lowest BCUT2D eigenvalue weighted by Crippen LogP contribution is -2.58. The van der Waals surface area contributed by atoms with Crippen molar-refractivity contribution in [1.82, 2.24) is 40.9 Å². The molecule has 4 fully saturated rings. The van der Waals surface area contributed by atoms with E-state index in [-0.39, 0.29) is 47.6 Å². The number of carbonyl (C=O) groups excluding carboxylic acids is 8. The Labute approximate surface area is 531 Å². The highest BCUT2D eigenvalue weighted by Crippen LogP contribution is 2.48. The van der Waals surface area contributed by atoms with Crippen LogP contribution >= 0.6 is 23.5 Å². The summed E-state index contributed by atoms with van der Waals surface area (Å²) < 4.78 is 23.4. The van der Waals surface area contributed by atoms with Crippen LogP contribution in [-0.2, 0) is 47.7 Å². The van der Waals surface area contributed by atoms with E-state index in [0.717, 1.165) is 62.5 Å². The fourth-order valence-electron chi connectivity index (χ4n) is 11.8. The van der Waals surface area contributed by atoms with Crippen molar-refractivity contribution in [2.24, 2.45) is 10.8 Å². The van der Waals surface area contributed by atoms with E-state index in [2.05, 4.69) is 21.3 Å². The van der Waals surface area contributed by atoms with Gasteiger partial charge in [0.1, 0.15) is 47.5 Å². The Bertz CT molecular complexity index is 2490. The van der Waals surface area contributed by atoms with Crippen molar-refractivity contribution in [2.45, 2.75) is 230 Å². The normalized spacial score (nSPS) is 23.0. The van der Waals surface area contributed by atoms with Crippen molar-refractivity contribution >= 4 is 71.2 Å². The molecule has 0 radical (unpaired) electrons. The molecule has 4 saturated heterocycles. The number of unbranched alkanes of at least 4 members (excludes halogenated alkanes) is 7. The van der Waals surface area contributed by atoms with Crippen LogP contribution in [0.25, 0.3) is 0 Å². The van der Waals surface area contributed by atoms with Crippen LogP contribution < -0.4 is 21.3 Å². The fourth-order valence-corrected chi connectivity index (χ4v) is 15.0. The minimum Gasteiger partial charge on any atom is -0.444 e. The summed E-state index contributed by atoms with van der Waals surface area (Å²) in [7, 11) is 2.99. The Hall–Kier alpha value is -5.58. The molecule has 22 heteroatoms. The molecule has 10 atom stereocenters. The lowest BCUT2D eigenvalue weighted by atomic mass is 9.83. The average molecular weight is 1260 g/mol. The van der Waals surface area contributed by atoms with Crippen molar-refractivity contribution in [1.29, 1.82) is 0 Å². The summed E-state index contributed by atoms with van der Waals surface area (Å²) in [6.07, 6.45) is 8.80. The molecule has 0 aromatic heterocycles. The highest BCUT2D eigenvalue weighted by atomic mass is 32.2. The highest BCUT2D eigenvalue weighted by Gasteiger charge is 2.56. The number of hydrogen-bond acceptors (Lipinski definition) is 14. The number of fused-ring (bicyclic) bond motifs is 2. The molecule has 2 aromatic rings. The van der Waals surface area contributed by atoms with E-state index in [1.54, 1.807) is 88.7 Å². The zero-order valence-corrected chi connectivity index (χ0v) is 56.4. The Kier molecular flexibility index (Phi) is 25.9. The van der Waals surface area contributed by atoms with Crippen LogP contribution in [0.15, 0.2) is 60.7 Å². The van der Waals surface area contributed by atoms with Crippen molar-refractivity contribution in [3.8, 4) is 0 Å². The summed E-state index contributed by atoms with van der Waals surface area (Å²) in [5, 5.41) is 11.8. The zero-order chi connectivity index (χ0) is 64.7. The average Bonchev–Trinajstić information content (AvgIpc) is 1.78. The first-order chi connectivity index (χ1) is 41.4. The maximum atomic E-state index is 14.6. The van der Waals surface area contributed by atoms with Gasteiger partial charge in [0.2, 0.25) is 35.4 Å². The first-order valence-corrected chi connectivity index (χ1v) is 33.8. The van der Waals surface area contributed by atoms with Gasteiger partial charge in [-0.05, 0) is 127 Å². The van der Waals surface area contributed by atoms with Crippen LogP contribution in [0.2, 0.25) is 0 Å². The zero-order valence-electron chi connectivity index (χ0n) is 54.8. The molecule has 4 N–H and O–H groups in total. The first-order valence-electron chi connectivity index (χ1n) is 31.7. The SMILES string of the molecule is C[C@@H](C(=O)N[C@H]1CCS[C@H]2CC(C)(C)[C@@H](C(=O)N[C@H](COCCCCCCCCCCOC[C@@H](NC(=O)[C@H]3N4C(=O)[C@@H](NC(=O)[C@H](C)N(C)C(=O)OC(C)(C)C)CCS[C@H]4CC3(C)C)c3ccccc3)c3ccccc3)N2C1=O)N(C)C(=O)OC(C)(C)C. The van der Waals surface area contributed by atoms with Gasteiger partial charge < -0.3 is 50.0 Å². The quantitative estimate of drug-likeness (QED) is 0.0610. The molecule has 0 aliphatic carbocycles. The summed E-state index contributed by atoms with van der Waals surface area (Å²) in [5.74, 6) is -0.913. The maximum absolute atomic E-state index is 14.6. The minimum atomic E-state index is -0.903. The molecule has 0 saturated carbocycles. The monoisotopic (exact) mass is 1260 g/mol. The van der Waals surface area contributed by atoms with Crippen molar-refractivity contribution in [2.75, 3.05) is 52.0 Å². The number of hydrogen-bond donors (Lipinski definition) is 4. The van der Waals surface area contributed by atoms with Gasteiger partial charge in [-0.3, -0.25) is 38.6 Å². The molecule has 6 rings (SSSR count). The lowest BCUT2D eigenvalue weighted by molar-refractivity contribution is -0.144. The largest absolute Gasteiger partial charge is 0.444 e. The Morgan fingerprint density at radius 2 is 0.886 bits per heavy atom. The number of benzene rings is 2. The summed E-state index contributed by atoms with van der Waals surface area (Å²) >= 11 is 3.24. The molecule has 4 heterocycles. The van der Waals surface area contributed by atoms with E-state index < -0.39 is 94.4 Å². The van der Waals surface area contributed by atoms with Crippen LogP contribution in [-0.4, -0.2) is 177 Å². The number of amides is 8. The Morgan fingerprint density at radius 3 is 1.22 bits per heavy atom. The van der Waals surface area contributed by atoms with Gasteiger partial charge in [0.25, 0.3) is 0 Å². The molecule has 490 valence electrons. The van der Waals surface area contributed by atoms with Crippen LogP contribution in [0.3, 0.4) is 0 Å². The highest BCUT2D eigenvalue weighted by molar-refractivity contribution is 8.00. The van der Waals surface area contributed by atoms with Gasteiger partial charge >= 0.3 is 12.2 Å². The van der Waals surface area contributed by atoms with Crippen LogP contribution in [0.5, 0.6) is 0 Å². The number of carbonyl (C=O) groups is 8. The number of thioether (sulfide) groups is 2. The van der Waals surface area contributed by atoms with E-state index >= 15 is 0 Å². The van der Waals surface area contributed by atoms with Gasteiger partial charge in [-0.25, -0.2) is 9.59 Å².